The standard InChI is InChI=1S/C13H24N2O2/c1-2-13(5-3-6-14-10-13)12(16)15-8-11-4-7-17-9-11/h11,14H,2-10H2,1H3,(H,15,16). The van der Waals surface area contributed by atoms with Crippen molar-refractivity contribution in [3.8, 4) is 0 Å². The van der Waals surface area contributed by atoms with Crippen LogP contribution in [0.4, 0.5) is 0 Å². The fourth-order valence-electron chi connectivity index (χ4n) is 2.79. The highest BCUT2D eigenvalue weighted by atomic mass is 16.5. The van der Waals surface area contributed by atoms with E-state index < -0.39 is 0 Å². The Labute approximate surface area is 103 Å². The first kappa shape index (κ1) is 12.8. The molecule has 2 unspecified atom stereocenters. The maximum atomic E-state index is 12.3. The van der Waals surface area contributed by atoms with Gasteiger partial charge in [0, 0.05) is 25.6 Å². The van der Waals surface area contributed by atoms with E-state index >= 15 is 0 Å². The van der Waals surface area contributed by atoms with E-state index in [1.165, 1.54) is 0 Å². The molecular weight excluding hydrogens is 216 g/mol. The zero-order valence-electron chi connectivity index (χ0n) is 10.8. The normalized spacial score (nSPS) is 33.6. The van der Waals surface area contributed by atoms with Gasteiger partial charge in [-0.2, -0.15) is 0 Å². The molecule has 2 aliphatic heterocycles. The highest BCUT2D eigenvalue weighted by Crippen LogP contribution is 2.30. The van der Waals surface area contributed by atoms with E-state index in [-0.39, 0.29) is 11.3 Å². The van der Waals surface area contributed by atoms with Gasteiger partial charge in [0.15, 0.2) is 0 Å². The molecule has 2 rings (SSSR count). The predicted molar refractivity (Wildman–Crippen MR) is 66.8 cm³/mol. The van der Waals surface area contributed by atoms with Crippen molar-refractivity contribution in [2.75, 3.05) is 32.8 Å². The molecule has 0 saturated carbocycles. The lowest BCUT2D eigenvalue weighted by Crippen LogP contribution is -2.51. The number of nitrogens with one attached hydrogen (secondary N) is 2. The quantitative estimate of drug-likeness (QED) is 0.768. The molecular formula is C13H24N2O2. The van der Waals surface area contributed by atoms with E-state index in [4.69, 9.17) is 4.74 Å². The van der Waals surface area contributed by atoms with Crippen LogP contribution in [-0.4, -0.2) is 38.8 Å². The predicted octanol–water partition coefficient (Wildman–Crippen LogP) is 0.919. The van der Waals surface area contributed by atoms with Crippen molar-refractivity contribution in [1.82, 2.24) is 10.6 Å². The van der Waals surface area contributed by atoms with Crippen molar-refractivity contribution in [3.63, 3.8) is 0 Å². The first-order valence-corrected chi connectivity index (χ1v) is 6.83. The van der Waals surface area contributed by atoms with E-state index in [2.05, 4.69) is 17.6 Å². The van der Waals surface area contributed by atoms with Gasteiger partial charge in [-0.3, -0.25) is 4.79 Å². The molecule has 2 heterocycles. The van der Waals surface area contributed by atoms with Gasteiger partial charge in [0.2, 0.25) is 5.91 Å². The smallest absolute Gasteiger partial charge is 0.227 e. The maximum absolute atomic E-state index is 12.3. The lowest BCUT2D eigenvalue weighted by atomic mass is 9.77. The van der Waals surface area contributed by atoms with Gasteiger partial charge in [0.25, 0.3) is 0 Å². The van der Waals surface area contributed by atoms with Gasteiger partial charge >= 0.3 is 0 Å². The Morgan fingerprint density at radius 3 is 3.06 bits per heavy atom. The average molecular weight is 240 g/mol. The van der Waals surface area contributed by atoms with Crippen LogP contribution in [0.5, 0.6) is 0 Å². The number of carbonyl (C=O) groups excluding carboxylic acids is 1. The summed E-state index contributed by atoms with van der Waals surface area (Å²) in [7, 11) is 0. The van der Waals surface area contributed by atoms with E-state index in [1.54, 1.807) is 0 Å². The summed E-state index contributed by atoms with van der Waals surface area (Å²) in [5.41, 5.74) is -0.169. The van der Waals surface area contributed by atoms with Gasteiger partial charge in [-0.15, -0.1) is 0 Å². The number of carbonyl (C=O) groups is 1. The molecule has 0 radical (unpaired) electrons. The average Bonchev–Trinajstić information content (AvgIpc) is 2.90. The van der Waals surface area contributed by atoms with Gasteiger partial charge in [-0.25, -0.2) is 0 Å². The minimum Gasteiger partial charge on any atom is -0.381 e. The minimum absolute atomic E-state index is 0.169. The third-order valence-corrected chi connectivity index (χ3v) is 4.21. The van der Waals surface area contributed by atoms with Gasteiger partial charge < -0.3 is 15.4 Å². The molecule has 0 aliphatic carbocycles. The molecule has 98 valence electrons. The Hall–Kier alpha value is -0.610. The molecule has 2 fully saturated rings. The Morgan fingerprint density at radius 2 is 2.47 bits per heavy atom. The molecule has 0 aromatic rings. The topological polar surface area (TPSA) is 50.4 Å². The van der Waals surface area contributed by atoms with Crippen LogP contribution in [0.25, 0.3) is 0 Å². The molecule has 4 nitrogen and oxygen atoms in total. The molecule has 0 spiro atoms. The SMILES string of the molecule is CCC1(C(=O)NCC2CCOC2)CCCNC1. The van der Waals surface area contributed by atoms with Gasteiger partial charge in [-0.05, 0) is 32.2 Å². The lowest BCUT2D eigenvalue weighted by molar-refractivity contribution is -0.132. The molecule has 0 aromatic heterocycles. The molecule has 2 saturated heterocycles. The molecule has 0 aromatic carbocycles. The Balaban J connectivity index is 1.83. The second-order valence-electron chi connectivity index (χ2n) is 5.35. The Bertz CT molecular complexity index is 256. The zero-order chi connectivity index (χ0) is 12.1. The van der Waals surface area contributed by atoms with Crippen molar-refractivity contribution in [1.29, 1.82) is 0 Å². The van der Waals surface area contributed by atoms with Crippen LogP contribution in [0.1, 0.15) is 32.6 Å². The fourth-order valence-corrected chi connectivity index (χ4v) is 2.79. The van der Waals surface area contributed by atoms with Gasteiger partial charge in [0.05, 0.1) is 12.0 Å². The fraction of sp³-hybridized carbons (Fsp3) is 0.923. The monoisotopic (exact) mass is 240 g/mol. The summed E-state index contributed by atoms with van der Waals surface area (Å²) in [6.07, 6.45) is 4.13. The second kappa shape index (κ2) is 5.83. The first-order chi connectivity index (χ1) is 8.27. The number of amides is 1. The van der Waals surface area contributed by atoms with E-state index in [9.17, 15) is 4.79 Å². The van der Waals surface area contributed by atoms with Crippen molar-refractivity contribution in [2.24, 2.45) is 11.3 Å². The largest absolute Gasteiger partial charge is 0.381 e. The molecule has 2 atom stereocenters. The van der Waals surface area contributed by atoms with Crippen LogP contribution >= 0.6 is 0 Å². The molecule has 17 heavy (non-hydrogen) atoms. The van der Waals surface area contributed by atoms with Crippen LogP contribution in [-0.2, 0) is 9.53 Å². The summed E-state index contributed by atoms with van der Waals surface area (Å²) < 4.78 is 5.32. The summed E-state index contributed by atoms with van der Waals surface area (Å²) in [6, 6.07) is 0. The number of piperidine rings is 1. The zero-order valence-corrected chi connectivity index (χ0v) is 10.8. The summed E-state index contributed by atoms with van der Waals surface area (Å²) in [5.74, 6) is 0.753. The third kappa shape index (κ3) is 2.99. The molecule has 0 bridgehead atoms. The molecule has 1 amide bonds. The van der Waals surface area contributed by atoms with E-state index in [0.717, 1.165) is 58.5 Å². The Morgan fingerprint density at radius 1 is 1.59 bits per heavy atom. The second-order valence-corrected chi connectivity index (χ2v) is 5.35. The number of rotatable bonds is 4. The summed E-state index contributed by atoms with van der Waals surface area (Å²) >= 11 is 0. The van der Waals surface area contributed by atoms with Crippen LogP contribution < -0.4 is 10.6 Å². The maximum Gasteiger partial charge on any atom is 0.227 e. The number of hydrogen-bond donors (Lipinski definition) is 2. The van der Waals surface area contributed by atoms with Crippen LogP contribution in [0.3, 0.4) is 0 Å². The highest BCUT2D eigenvalue weighted by molar-refractivity contribution is 5.83. The van der Waals surface area contributed by atoms with Crippen molar-refractivity contribution in [3.05, 3.63) is 0 Å². The Kier molecular flexibility index (Phi) is 4.40. The van der Waals surface area contributed by atoms with Gasteiger partial charge in [-0.1, -0.05) is 6.92 Å². The van der Waals surface area contributed by atoms with Crippen molar-refractivity contribution < 1.29 is 9.53 Å². The van der Waals surface area contributed by atoms with Gasteiger partial charge in [0.1, 0.15) is 0 Å². The number of ether oxygens (including phenoxy) is 1. The highest BCUT2D eigenvalue weighted by Gasteiger charge is 2.37. The first-order valence-electron chi connectivity index (χ1n) is 6.83. The van der Waals surface area contributed by atoms with Crippen LogP contribution in [0.2, 0.25) is 0 Å². The molecule has 4 heteroatoms. The van der Waals surface area contributed by atoms with Crippen LogP contribution in [0, 0.1) is 11.3 Å². The third-order valence-electron chi connectivity index (χ3n) is 4.21. The molecule has 2 N–H and O–H groups in total. The van der Waals surface area contributed by atoms with E-state index in [0.29, 0.717) is 5.92 Å². The van der Waals surface area contributed by atoms with Crippen molar-refractivity contribution in [2.45, 2.75) is 32.6 Å². The summed E-state index contributed by atoms with van der Waals surface area (Å²) in [4.78, 5) is 12.3. The van der Waals surface area contributed by atoms with Crippen LogP contribution in [0.15, 0.2) is 0 Å². The minimum atomic E-state index is -0.169. The van der Waals surface area contributed by atoms with E-state index in [1.807, 2.05) is 0 Å². The lowest BCUT2D eigenvalue weighted by Gasteiger charge is -2.35. The summed E-state index contributed by atoms with van der Waals surface area (Å²) in [5, 5.41) is 6.48. The molecule has 2 aliphatic rings. The van der Waals surface area contributed by atoms with Crippen molar-refractivity contribution >= 4 is 5.91 Å². The number of hydrogen-bond acceptors (Lipinski definition) is 3. The summed E-state index contributed by atoms with van der Waals surface area (Å²) in [6.45, 7) is 6.42.